The van der Waals surface area contributed by atoms with Gasteiger partial charge in [-0.25, -0.2) is 9.37 Å². The van der Waals surface area contributed by atoms with Crippen LogP contribution in [0.4, 0.5) is 10.2 Å². The van der Waals surface area contributed by atoms with Gasteiger partial charge >= 0.3 is 0 Å². The van der Waals surface area contributed by atoms with Crippen LogP contribution in [-0.4, -0.2) is 23.5 Å². The standard InChI is InChI=1S/C10H11ClFN3O/c11-6-3-8(12)10(14-4-6)15-7-1-2-9(16)13-5-7/h3-4,7H,1-2,5H2,(H,13,16)(H,14,15). The molecular formula is C10H11ClFN3O. The smallest absolute Gasteiger partial charge is 0.220 e. The van der Waals surface area contributed by atoms with Crippen LogP contribution >= 0.6 is 11.6 Å². The minimum Gasteiger partial charge on any atom is -0.363 e. The lowest BCUT2D eigenvalue weighted by Crippen LogP contribution is -2.42. The first kappa shape index (κ1) is 11.1. The second kappa shape index (κ2) is 4.65. The molecule has 1 amide bonds. The molecule has 2 heterocycles. The van der Waals surface area contributed by atoms with E-state index < -0.39 is 5.82 Å². The molecule has 0 aromatic carbocycles. The third kappa shape index (κ3) is 2.61. The predicted molar refractivity (Wildman–Crippen MR) is 58.9 cm³/mol. The number of amides is 1. The molecule has 1 aromatic rings. The number of carbonyl (C=O) groups is 1. The molecule has 1 aliphatic rings. The Hall–Kier alpha value is -1.36. The van der Waals surface area contributed by atoms with Crippen molar-refractivity contribution in [1.82, 2.24) is 10.3 Å². The number of piperidine rings is 1. The van der Waals surface area contributed by atoms with Crippen molar-refractivity contribution in [1.29, 1.82) is 0 Å². The highest BCUT2D eigenvalue weighted by Crippen LogP contribution is 2.17. The molecule has 0 spiro atoms. The average molecular weight is 244 g/mol. The van der Waals surface area contributed by atoms with Gasteiger partial charge in [-0.05, 0) is 12.5 Å². The molecule has 16 heavy (non-hydrogen) atoms. The number of carbonyl (C=O) groups excluding carboxylic acids is 1. The zero-order valence-corrected chi connectivity index (χ0v) is 9.22. The van der Waals surface area contributed by atoms with E-state index in [0.29, 0.717) is 19.4 Å². The number of hydrogen-bond donors (Lipinski definition) is 2. The molecule has 0 saturated carbocycles. The van der Waals surface area contributed by atoms with Gasteiger partial charge in [-0.1, -0.05) is 11.6 Å². The van der Waals surface area contributed by atoms with Crippen molar-refractivity contribution in [3.63, 3.8) is 0 Å². The summed E-state index contributed by atoms with van der Waals surface area (Å²) >= 11 is 5.59. The van der Waals surface area contributed by atoms with Gasteiger partial charge < -0.3 is 10.6 Å². The molecule has 1 saturated heterocycles. The Kier molecular flexibility index (Phi) is 3.24. The predicted octanol–water partition coefficient (Wildman–Crippen LogP) is 1.56. The van der Waals surface area contributed by atoms with Gasteiger partial charge in [0.05, 0.1) is 5.02 Å². The van der Waals surface area contributed by atoms with Gasteiger partial charge in [-0.3, -0.25) is 4.79 Å². The van der Waals surface area contributed by atoms with Gasteiger partial charge in [0.15, 0.2) is 11.6 Å². The summed E-state index contributed by atoms with van der Waals surface area (Å²) in [5, 5.41) is 5.91. The molecule has 0 bridgehead atoms. The first-order chi connectivity index (χ1) is 7.65. The largest absolute Gasteiger partial charge is 0.363 e. The van der Waals surface area contributed by atoms with E-state index in [4.69, 9.17) is 11.6 Å². The van der Waals surface area contributed by atoms with Gasteiger partial charge in [0.25, 0.3) is 0 Å². The fourth-order valence-electron chi connectivity index (χ4n) is 1.57. The Morgan fingerprint density at radius 3 is 3.06 bits per heavy atom. The molecule has 1 aliphatic heterocycles. The molecular weight excluding hydrogens is 233 g/mol. The van der Waals surface area contributed by atoms with Crippen LogP contribution in [0, 0.1) is 5.82 Å². The molecule has 1 fully saturated rings. The first-order valence-corrected chi connectivity index (χ1v) is 5.37. The number of anilines is 1. The van der Waals surface area contributed by atoms with Crippen molar-refractivity contribution in [3.05, 3.63) is 23.1 Å². The fourth-order valence-corrected chi connectivity index (χ4v) is 1.71. The Bertz CT molecular complexity index is 403. The van der Waals surface area contributed by atoms with Crippen molar-refractivity contribution in [3.8, 4) is 0 Å². The third-order valence-electron chi connectivity index (χ3n) is 2.41. The fraction of sp³-hybridized carbons (Fsp3) is 0.400. The van der Waals surface area contributed by atoms with E-state index in [-0.39, 0.29) is 22.8 Å². The van der Waals surface area contributed by atoms with Crippen LogP contribution in [0.25, 0.3) is 0 Å². The number of hydrogen-bond acceptors (Lipinski definition) is 3. The van der Waals surface area contributed by atoms with E-state index in [0.717, 1.165) is 0 Å². The van der Waals surface area contributed by atoms with Gasteiger partial charge in [0.2, 0.25) is 5.91 Å². The van der Waals surface area contributed by atoms with Crippen molar-refractivity contribution >= 4 is 23.3 Å². The highest BCUT2D eigenvalue weighted by Gasteiger charge is 2.19. The maximum atomic E-state index is 13.4. The van der Waals surface area contributed by atoms with E-state index >= 15 is 0 Å². The lowest BCUT2D eigenvalue weighted by atomic mass is 10.1. The van der Waals surface area contributed by atoms with Crippen LogP contribution in [-0.2, 0) is 4.79 Å². The zero-order chi connectivity index (χ0) is 11.5. The van der Waals surface area contributed by atoms with E-state index in [1.807, 2.05) is 0 Å². The number of rotatable bonds is 2. The second-order valence-corrected chi connectivity index (χ2v) is 4.10. The molecule has 6 heteroatoms. The molecule has 86 valence electrons. The molecule has 4 nitrogen and oxygen atoms in total. The Morgan fingerprint density at radius 1 is 1.62 bits per heavy atom. The van der Waals surface area contributed by atoms with E-state index in [1.165, 1.54) is 12.3 Å². The molecule has 2 rings (SSSR count). The Morgan fingerprint density at radius 2 is 2.44 bits per heavy atom. The first-order valence-electron chi connectivity index (χ1n) is 4.99. The molecule has 1 aromatic heterocycles. The molecule has 2 N–H and O–H groups in total. The summed E-state index contributed by atoms with van der Waals surface area (Å²) in [5.41, 5.74) is 0. The van der Waals surface area contributed by atoms with Crippen LogP contribution in [0.1, 0.15) is 12.8 Å². The SMILES string of the molecule is O=C1CCC(Nc2ncc(Cl)cc2F)CN1. The van der Waals surface area contributed by atoms with Gasteiger partial charge in [0, 0.05) is 25.2 Å². The van der Waals surface area contributed by atoms with Crippen LogP contribution < -0.4 is 10.6 Å². The second-order valence-electron chi connectivity index (χ2n) is 3.67. The van der Waals surface area contributed by atoms with Crippen LogP contribution in [0.5, 0.6) is 0 Å². The normalized spacial score (nSPS) is 20.4. The van der Waals surface area contributed by atoms with Crippen molar-refractivity contribution in [2.45, 2.75) is 18.9 Å². The topological polar surface area (TPSA) is 54.0 Å². The highest BCUT2D eigenvalue weighted by molar-refractivity contribution is 6.30. The quantitative estimate of drug-likeness (QED) is 0.829. The number of halogens is 2. The van der Waals surface area contributed by atoms with Crippen molar-refractivity contribution in [2.24, 2.45) is 0 Å². The van der Waals surface area contributed by atoms with Crippen molar-refractivity contribution in [2.75, 3.05) is 11.9 Å². The third-order valence-corrected chi connectivity index (χ3v) is 2.62. The Labute approximate surface area is 97.2 Å². The minimum atomic E-state index is -0.482. The van der Waals surface area contributed by atoms with Crippen molar-refractivity contribution < 1.29 is 9.18 Å². The lowest BCUT2D eigenvalue weighted by molar-refractivity contribution is -0.122. The number of nitrogens with one attached hydrogen (secondary N) is 2. The van der Waals surface area contributed by atoms with Crippen LogP contribution in [0.2, 0.25) is 5.02 Å². The summed E-state index contributed by atoms with van der Waals surface area (Å²) in [7, 11) is 0. The maximum absolute atomic E-state index is 13.4. The summed E-state index contributed by atoms with van der Waals surface area (Å²) in [4.78, 5) is 14.8. The van der Waals surface area contributed by atoms with Crippen LogP contribution in [0.15, 0.2) is 12.3 Å². The summed E-state index contributed by atoms with van der Waals surface area (Å²) in [6.07, 6.45) is 2.51. The van der Waals surface area contributed by atoms with Gasteiger partial charge in [-0.15, -0.1) is 0 Å². The van der Waals surface area contributed by atoms with Gasteiger partial charge in [0.1, 0.15) is 0 Å². The number of nitrogens with zero attached hydrogens (tertiary/aromatic N) is 1. The Balaban J connectivity index is 2.01. The summed E-state index contributed by atoms with van der Waals surface area (Å²) in [5.74, 6) is -0.280. The number of pyridine rings is 1. The molecule has 1 atom stereocenters. The highest BCUT2D eigenvalue weighted by atomic mass is 35.5. The lowest BCUT2D eigenvalue weighted by Gasteiger charge is -2.24. The zero-order valence-electron chi connectivity index (χ0n) is 8.46. The van der Waals surface area contributed by atoms with Crippen LogP contribution in [0.3, 0.4) is 0 Å². The summed E-state index contributed by atoms with van der Waals surface area (Å²) in [6.45, 7) is 0.489. The minimum absolute atomic E-state index is 0.0147. The van der Waals surface area contributed by atoms with Gasteiger partial charge in [-0.2, -0.15) is 0 Å². The summed E-state index contributed by atoms with van der Waals surface area (Å²) < 4.78 is 13.4. The van der Waals surface area contributed by atoms with E-state index in [1.54, 1.807) is 0 Å². The number of aromatic nitrogens is 1. The maximum Gasteiger partial charge on any atom is 0.220 e. The molecule has 1 unspecified atom stereocenters. The van der Waals surface area contributed by atoms with E-state index in [9.17, 15) is 9.18 Å². The van der Waals surface area contributed by atoms with E-state index in [2.05, 4.69) is 15.6 Å². The molecule has 0 aliphatic carbocycles. The summed E-state index contributed by atoms with van der Waals surface area (Å²) in [6, 6.07) is 1.22. The average Bonchev–Trinajstić information content (AvgIpc) is 2.25. The molecule has 0 radical (unpaired) electrons. The monoisotopic (exact) mass is 243 g/mol.